The number of aromatic nitrogens is 1. The number of likely N-dealkylation sites (tertiary alicyclic amines) is 1. The van der Waals surface area contributed by atoms with Crippen LogP contribution in [0.15, 0.2) is 59.6 Å². The van der Waals surface area contributed by atoms with E-state index >= 15 is 0 Å². The van der Waals surface area contributed by atoms with Crippen molar-refractivity contribution in [3.8, 4) is 0 Å². The molecule has 1 fully saturated rings. The fourth-order valence-corrected chi connectivity index (χ4v) is 5.32. The molecule has 0 spiro atoms. The average Bonchev–Trinajstić information content (AvgIpc) is 3.43. The van der Waals surface area contributed by atoms with Crippen LogP contribution in [0.1, 0.15) is 12.8 Å². The molecule has 1 aliphatic rings. The predicted molar refractivity (Wildman–Crippen MR) is 122 cm³/mol. The van der Waals surface area contributed by atoms with Gasteiger partial charge in [0.1, 0.15) is 12.3 Å². The summed E-state index contributed by atoms with van der Waals surface area (Å²) in [7, 11) is -4.06. The highest BCUT2D eigenvalue weighted by molar-refractivity contribution is 7.92. The minimum absolute atomic E-state index is 0.00983. The predicted octanol–water partition coefficient (Wildman–Crippen LogP) is 2.58. The van der Waals surface area contributed by atoms with Crippen LogP contribution < -0.4 is 5.32 Å². The number of anilines is 1. The van der Waals surface area contributed by atoms with Crippen LogP contribution >= 0.6 is 0 Å². The molecule has 172 valence electrons. The molecule has 1 saturated heterocycles. The first-order chi connectivity index (χ1) is 15.7. The quantitative estimate of drug-likeness (QED) is 0.417. The van der Waals surface area contributed by atoms with Gasteiger partial charge in [-0.25, -0.2) is 8.42 Å². The molecule has 2 amide bonds. The second-order valence-corrected chi connectivity index (χ2v) is 9.80. The molecule has 0 radical (unpaired) electrons. The van der Waals surface area contributed by atoms with Gasteiger partial charge in [0.05, 0.1) is 9.82 Å². The van der Waals surface area contributed by atoms with Gasteiger partial charge in [0.25, 0.3) is 5.69 Å². The van der Waals surface area contributed by atoms with Crippen LogP contribution in [0.25, 0.3) is 10.9 Å². The van der Waals surface area contributed by atoms with E-state index in [4.69, 9.17) is 0 Å². The van der Waals surface area contributed by atoms with Crippen molar-refractivity contribution in [1.29, 1.82) is 0 Å². The summed E-state index contributed by atoms with van der Waals surface area (Å²) in [5.41, 5.74) is 0.493. The van der Waals surface area contributed by atoms with E-state index in [9.17, 15) is 28.1 Å². The van der Waals surface area contributed by atoms with Crippen molar-refractivity contribution >= 4 is 43.9 Å². The maximum atomic E-state index is 13.1. The van der Waals surface area contributed by atoms with Gasteiger partial charge in [-0.1, -0.05) is 24.3 Å². The molecule has 33 heavy (non-hydrogen) atoms. The minimum atomic E-state index is -4.06. The van der Waals surface area contributed by atoms with E-state index in [1.807, 2.05) is 0 Å². The highest BCUT2D eigenvalue weighted by Crippen LogP contribution is 2.27. The fraction of sp³-hybridized carbons (Fsp3) is 0.273. The number of nitrogens with zero attached hydrogens (tertiary/aromatic N) is 3. The smallest absolute Gasteiger partial charge is 0.271 e. The molecule has 4 rings (SSSR count). The molecular weight excluding hydrogens is 448 g/mol. The van der Waals surface area contributed by atoms with Crippen LogP contribution in [-0.4, -0.2) is 53.5 Å². The summed E-state index contributed by atoms with van der Waals surface area (Å²) < 4.78 is 27.8. The second kappa shape index (κ2) is 9.02. The molecule has 1 N–H and O–H groups in total. The first kappa shape index (κ1) is 22.5. The molecule has 2 heterocycles. The summed E-state index contributed by atoms with van der Waals surface area (Å²) in [4.78, 5) is 37.1. The molecule has 2 aromatic carbocycles. The number of amides is 2. The van der Waals surface area contributed by atoms with Crippen molar-refractivity contribution in [3.63, 3.8) is 0 Å². The fourth-order valence-electron chi connectivity index (χ4n) is 3.95. The first-order valence-electron chi connectivity index (χ1n) is 10.4. The van der Waals surface area contributed by atoms with Gasteiger partial charge in [0.2, 0.25) is 11.8 Å². The average molecular weight is 471 g/mol. The van der Waals surface area contributed by atoms with E-state index in [1.54, 1.807) is 33.7 Å². The van der Waals surface area contributed by atoms with Crippen molar-refractivity contribution in [2.75, 3.05) is 24.2 Å². The van der Waals surface area contributed by atoms with Crippen molar-refractivity contribution < 1.29 is 22.9 Å². The Hall–Kier alpha value is -3.73. The highest BCUT2D eigenvalue weighted by atomic mass is 32.2. The monoisotopic (exact) mass is 470 g/mol. The Morgan fingerprint density at radius 3 is 2.52 bits per heavy atom. The molecule has 0 saturated carbocycles. The molecule has 3 aromatic rings. The van der Waals surface area contributed by atoms with Crippen molar-refractivity contribution in [2.45, 2.75) is 24.3 Å². The number of nitro benzene ring substituents is 1. The largest absolute Gasteiger partial charge is 0.341 e. The third kappa shape index (κ3) is 4.87. The van der Waals surface area contributed by atoms with Crippen molar-refractivity contribution in [3.05, 3.63) is 64.8 Å². The van der Waals surface area contributed by atoms with Gasteiger partial charge in [0.15, 0.2) is 9.84 Å². The van der Waals surface area contributed by atoms with Crippen molar-refractivity contribution in [2.24, 2.45) is 0 Å². The zero-order chi connectivity index (χ0) is 23.6. The van der Waals surface area contributed by atoms with Crippen LogP contribution in [0, 0.1) is 10.1 Å². The zero-order valence-electron chi connectivity index (χ0n) is 17.6. The summed E-state index contributed by atoms with van der Waals surface area (Å²) >= 11 is 0. The normalized spacial score (nSPS) is 13.9. The number of fused-ring (bicyclic) bond motifs is 1. The van der Waals surface area contributed by atoms with Gasteiger partial charge >= 0.3 is 0 Å². The Bertz CT molecular complexity index is 1340. The van der Waals surface area contributed by atoms with Crippen LogP contribution in [-0.2, 0) is 26.0 Å². The zero-order valence-corrected chi connectivity index (χ0v) is 18.5. The van der Waals surface area contributed by atoms with Gasteiger partial charge < -0.3 is 14.8 Å². The summed E-state index contributed by atoms with van der Waals surface area (Å²) in [6.07, 6.45) is 3.31. The SMILES string of the molecule is O=C(CS(=O)(=O)c1cn(CC(=O)N2CCCC2)c2ccccc12)Nc1cccc([N+](=O)[O-])c1. The van der Waals surface area contributed by atoms with E-state index in [-0.39, 0.29) is 28.7 Å². The van der Waals surface area contributed by atoms with Gasteiger partial charge in [-0.05, 0) is 25.0 Å². The Balaban J connectivity index is 1.57. The second-order valence-electron chi connectivity index (χ2n) is 7.84. The number of para-hydroxylation sites is 1. The van der Waals surface area contributed by atoms with Crippen molar-refractivity contribution in [1.82, 2.24) is 9.47 Å². The summed E-state index contributed by atoms with van der Waals surface area (Å²) in [5, 5.41) is 13.7. The van der Waals surface area contributed by atoms with E-state index in [2.05, 4.69) is 5.32 Å². The first-order valence-corrected chi connectivity index (χ1v) is 12.0. The van der Waals surface area contributed by atoms with Gasteiger partial charge in [-0.3, -0.25) is 19.7 Å². The molecule has 1 aliphatic heterocycles. The van der Waals surface area contributed by atoms with Crippen LogP contribution in [0.3, 0.4) is 0 Å². The number of sulfone groups is 1. The summed E-state index contributed by atoms with van der Waals surface area (Å²) in [6, 6.07) is 12.1. The third-order valence-corrected chi connectivity index (χ3v) is 7.15. The number of hydrogen-bond donors (Lipinski definition) is 1. The Morgan fingerprint density at radius 1 is 1.06 bits per heavy atom. The standard InChI is InChI=1S/C22H22N4O6S/c27-21(23-16-6-5-7-17(12-16)26(29)30)15-33(31,32)20-13-25(19-9-2-1-8-18(19)20)14-22(28)24-10-3-4-11-24/h1-2,5-9,12-13H,3-4,10-11,14-15H2,(H,23,27). The number of rotatable bonds is 7. The van der Waals surface area contributed by atoms with E-state index in [1.165, 1.54) is 24.4 Å². The highest BCUT2D eigenvalue weighted by Gasteiger charge is 2.26. The Labute approximate surface area is 189 Å². The number of non-ortho nitro benzene ring substituents is 1. The number of benzene rings is 2. The van der Waals surface area contributed by atoms with Gasteiger partial charge in [0, 0.05) is 48.0 Å². The molecule has 0 atom stereocenters. The van der Waals surface area contributed by atoms with E-state index in [0.717, 1.165) is 18.9 Å². The molecular formula is C22H22N4O6S. The number of carbonyl (C=O) groups excluding carboxylic acids is 2. The number of carbonyl (C=O) groups is 2. The molecule has 0 bridgehead atoms. The van der Waals surface area contributed by atoms with E-state index < -0.39 is 26.4 Å². The molecule has 1 aromatic heterocycles. The van der Waals surface area contributed by atoms with Gasteiger partial charge in [-0.2, -0.15) is 0 Å². The lowest BCUT2D eigenvalue weighted by molar-refractivity contribution is -0.384. The van der Waals surface area contributed by atoms with Gasteiger partial charge in [-0.15, -0.1) is 0 Å². The van der Waals surface area contributed by atoms with Crippen LogP contribution in [0.2, 0.25) is 0 Å². The maximum Gasteiger partial charge on any atom is 0.271 e. The Morgan fingerprint density at radius 2 is 1.79 bits per heavy atom. The van der Waals surface area contributed by atoms with Crippen LogP contribution in [0.5, 0.6) is 0 Å². The number of nitro groups is 1. The van der Waals surface area contributed by atoms with E-state index in [0.29, 0.717) is 24.0 Å². The molecule has 0 aliphatic carbocycles. The lowest BCUT2D eigenvalue weighted by Gasteiger charge is -2.15. The number of nitrogens with one attached hydrogen (secondary N) is 1. The summed E-state index contributed by atoms with van der Waals surface area (Å²) in [5.74, 6) is -1.75. The lowest BCUT2D eigenvalue weighted by atomic mass is 10.2. The molecule has 0 unspecified atom stereocenters. The minimum Gasteiger partial charge on any atom is -0.341 e. The summed E-state index contributed by atoms with van der Waals surface area (Å²) in [6.45, 7) is 1.40. The Kier molecular flexibility index (Phi) is 6.14. The molecule has 11 heteroatoms. The lowest BCUT2D eigenvalue weighted by Crippen LogP contribution is -2.30. The van der Waals surface area contributed by atoms with Crippen LogP contribution in [0.4, 0.5) is 11.4 Å². The topological polar surface area (TPSA) is 132 Å². The third-order valence-electron chi connectivity index (χ3n) is 5.51. The maximum absolute atomic E-state index is 13.1. The number of hydrogen-bond acceptors (Lipinski definition) is 6. The molecule has 10 nitrogen and oxygen atoms in total.